The van der Waals surface area contributed by atoms with E-state index in [1.54, 1.807) is 0 Å². The fourth-order valence-electron chi connectivity index (χ4n) is 2.80. The summed E-state index contributed by atoms with van der Waals surface area (Å²) in [5.41, 5.74) is 0. The van der Waals surface area contributed by atoms with E-state index in [4.69, 9.17) is 5.11 Å². The SMILES string of the molecule is CN1CCCN2CCC(C(=O)O)CC2C1. The van der Waals surface area contributed by atoms with E-state index in [1.165, 1.54) is 6.42 Å². The van der Waals surface area contributed by atoms with Gasteiger partial charge in [-0.25, -0.2) is 0 Å². The van der Waals surface area contributed by atoms with E-state index < -0.39 is 5.97 Å². The van der Waals surface area contributed by atoms with Crippen molar-refractivity contribution in [1.82, 2.24) is 9.80 Å². The highest BCUT2D eigenvalue weighted by Gasteiger charge is 2.33. The number of hydrogen-bond donors (Lipinski definition) is 1. The Hall–Kier alpha value is -0.610. The third-order valence-corrected chi connectivity index (χ3v) is 3.69. The molecule has 0 aromatic carbocycles. The van der Waals surface area contributed by atoms with E-state index in [0.717, 1.165) is 39.0 Å². The summed E-state index contributed by atoms with van der Waals surface area (Å²) in [6.07, 6.45) is 2.87. The van der Waals surface area contributed by atoms with Crippen LogP contribution in [0.2, 0.25) is 0 Å². The summed E-state index contributed by atoms with van der Waals surface area (Å²) in [5, 5.41) is 9.03. The number of likely N-dealkylation sites (N-methyl/N-ethyl adjacent to an activating group) is 1. The molecule has 0 aromatic rings. The van der Waals surface area contributed by atoms with Crippen LogP contribution in [0.25, 0.3) is 0 Å². The molecule has 0 aliphatic carbocycles. The van der Waals surface area contributed by atoms with Crippen molar-refractivity contribution in [3.05, 3.63) is 0 Å². The Labute approximate surface area is 90.9 Å². The molecule has 86 valence electrons. The van der Waals surface area contributed by atoms with Crippen LogP contribution in [-0.4, -0.2) is 60.1 Å². The minimum Gasteiger partial charge on any atom is -0.481 e. The summed E-state index contributed by atoms with van der Waals surface area (Å²) in [5.74, 6) is -0.723. The van der Waals surface area contributed by atoms with Gasteiger partial charge in [0.25, 0.3) is 0 Å². The monoisotopic (exact) mass is 212 g/mol. The molecule has 0 bridgehead atoms. The molecule has 2 saturated heterocycles. The highest BCUT2D eigenvalue weighted by Crippen LogP contribution is 2.25. The minimum absolute atomic E-state index is 0.113. The quantitative estimate of drug-likeness (QED) is 0.687. The number of aliphatic carboxylic acids is 1. The third-order valence-electron chi connectivity index (χ3n) is 3.69. The summed E-state index contributed by atoms with van der Waals surface area (Å²) in [6, 6.07) is 0.465. The van der Waals surface area contributed by atoms with Gasteiger partial charge in [0.05, 0.1) is 5.92 Å². The van der Waals surface area contributed by atoms with Crippen molar-refractivity contribution in [1.29, 1.82) is 0 Å². The van der Waals surface area contributed by atoms with Gasteiger partial charge in [0, 0.05) is 12.6 Å². The number of carboxylic acids is 1. The van der Waals surface area contributed by atoms with Crippen molar-refractivity contribution >= 4 is 5.97 Å². The Morgan fingerprint density at radius 2 is 2.13 bits per heavy atom. The predicted octanol–water partition coefficient (Wildman–Crippen LogP) is 0.487. The highest BCUT2D eigenvalue weighted by atomic mass is 16.4. The van der Waals surface area contributed by atoms with Crippen molar-refractivity contribution in [3.8, 4) is 0 Å². The highest BCUT2D eigenvalue weighted by molar-refractivity contribution is 5.70. The molecule has 0 radical (unpaired) electrons. The van der Waals surface area contributed by atoms with Gasteiger partial charge >= 0.3 is 5.97 Å². The Bertz CT molecular complexity index is 245. The molecule has 2 aliphatic heterocycles. The second-order valence-corrected chi connectivity index (χ2v) is 4.87. The summed E-state index contributed by atoms with van der Waals surface area (Å²) < 4.78 is 0. The molecule has 0 amide bonds. The summed E-state index contributed by atoms with van der Waals surface area (Å²) >= 11 is 0. The van der Waals surface area contributed by atoms with Crippen LogP contribution in [0.15, 0.2) is 0 Å². The second kappa shape index (κ2) is 4.49. The summed E-state index contributed by atoms with van der Waals surface area (Å²) in [7, 11) is 2.13. The smallest absolute Gasteiger partial charge is 0.306 e. The van der Waals surface area contributed by atoms with Gasteiger partial charge < -0.3 is 10.0 Å². The largest absolute Gasteiger partial charge is 0.481 e. The topological polar surface area (TPSA) is 43.8 Å². The van der Waals surface area contributed by atoms with Gasteiger partial charge in [0.1, 0.15) is 0 Å². The van der Waals surface area contributed by atoms with Crippen molar-refractivity contribution in [2.75, 3.05) is 33.2 Å². The summed E-state index contributed by atoms with van der Waals surface area (Å²) in [6.45, 7) is 4.28. The molecule has 0 aromatic heterocycles. The van der Waals surface area contributed by atoms with Crippen LogP contribution in [0.3, 0.4) is 0 Å². The zero-order chi connectivity index (χ0) is 10.8. The molecule has 15 heavy (non-hydrogen) atoms. The van der Waals surface area contributed by atoms with Crippen LogP contribution in [0, 0.1) is 5.92 Å². The van der Waals surface area contributed by atoms with E-state index in [2.05, 4.69) is 16.8 Å². The van der Waals surface area contributed by atoms with Crippen molar-refractivity contribution in [2.24, 2.45) is 5.92 Å². The Morgan fingerprint density at radius 1 is 1.33 bits per heavy atom. The number of carboxylic acid groups (broad SMARTS) is 1. The number of rotatable bonds is 1. The van der Waals surface area contributed by atoms with Crippen LogP contribution in [0.1, 0.15) is 19.3 Å². The maximum absolute atomic E-state index is 11.0. The lowest BCUT2D eigenvalue weighted by Crippen LogP contribution is -2.47. The van der Waals surface area contributed by atoms with Crippen molar-refractivity contribution in [3.63, 3.8) is 0 Å². The van der Waals surface area contributed by atoms with Crippen molar-refractivity contribution in [2.45, 2.75) is 25.3 Å². The molecule has 1 N–H and O–H groups in total. The minimum atomic E-state index is -0.610. The Kier molecular flexibility index (Phi) is 3.26. The Balaban J connectivity index is 1.99. The standard InChI is InChI=1S/C11H20N2O2/c1-12-4-2-5-13-6-3-9(11(14)15)7-10(13)8-12/h9-10H,2-8H2,1H3,(H,14,15). The normalized spacial score (nSPS) is 34.5. The lowest BCUT2D eigenvalue weighted by Gasteiger charge is -2.37. The molecule has 4 nitrogen and oxygen atoms in total. The molecule has 2 fully saturated rings. The first-order valence-electron chi connectivity index (χ1n) is 5.82. The predicted molar refractivity (Wildman–Crippen MR) is 57.8 cm³/mol. The maximum atomic E-state index is 11.0. The number of fused-ring (bicyclic) bond motifs is 1. The lowest BCUT2D eigenvalue weighted by atomic mass is 9.91. The molecule has 2 atom stereocenters. The number of hydrogen-bond acceptors (Lipinski definition) is 3. The van der Waals surface area contributed by atoms with Crippen LogP contribution < -0.4 is 0 Å². The lowest BCUT2D eigenvalue weighted by molar-refractivity contribution is -0.144. The van der Waals surface area contributed by atoms with Gasteiger partial charge in [0.15, 0.2) is 0 Å². The van der Waals surface area contributed by atoms with E-state index in [-0.39, 0.29) is 5.92 Å². The average Bonchev–Trinajstić information content (AvgIpc) is 2.37. The second-order valence-electron chi connectivity index (χ2n) is 4.87. The van der Waals surface area contributed by atoms with Gasteiger partial charge in [-0.3, -0.25) is 9.69 Å². The van der Waals surface area contributed by atoms with E-state index in [0.29, 0.717) is 6.04 Å². The molecular formula is C11H20N2O2. The van der Waals surface area contributed by atoms with Gasteiger partial charge in [-0.05, 0) is 45.9 Å². The van der Waals surface area contributed by atoms with Gasteiger partial charge in [-0.1, -0.05) is 0 Å². The molecule has 4 heteroatoms. The first-order chi connectivity index (χ1) is 7.16. The maximum Gasteiger partial charge on any atom is 0.306 e. The number of nitrogens with zero attached hydrogens (tertiary/aromatic N) is 2. The first kappa shape index (κ1) is 10.9. The molecule has 2 aliphatic rings. The molecule has 0 spiro atoms. The summed E-state index contributed by atoms with van der Waals surface area (Å²) in [4.78, 5) is 15.8. The molecule has 0 saturated carbocycles. The number of piperidine rings is 1. The number of carbonyl (C=O) groups is 1. The average molecular weight is 212 g/mol. The first-order valence-corrected chi connectivity index (χ1v) is 5.82. The van der Waals surface area contributed by atoms with Crippen LogP contribution in [0.5, 0.6) is 0 Å². The van der Waals surface area contributed by atoms with Gasteiger partial charge in [-0.2, -0.15) is 0 Å². The molecule has 2 heterocycles. The zero-order valence-electron chi connectivity index (χ0n) is 9.35. The van der Waals surface area contributed by atoms with Crippen LogP contribution in [-0.2, 0) is 4.79 Å². The fraction of sp³-hybridized carbons (Fsp3) is 0.909. The molecule has 2 rings (SSSR count). The van der Waals surface area contributed by atoms with E-state index in [9.17, 15) is 4.79 Å². The van der Waals surface area contributed by atoms with Gasteiger partial charge in [0.2, 0.25) is 0 Å². The molecular weight excluding hydrogens is 192 g/mol. The Morgan fingerprint density at radius 3 is 2.87 bits per heavy atom. The van der Waals surface area contributed by atoms with E-state index >= 15 is 0 Å². The van der Waals surface area contributed by atoms with Gasteiger partial charge in [-0.15, -0.1) is 0 Å². The van der Waals surface area contributed by atoms with Crippen molar-refractivity contribution < 1.29 is 9.90 Å². The third kappa shape index (κ3) is 2.49. The van der Waals surface area contributed by atoms with E-state index in [1.807, 2.05) is 0 Å². The molecule has 2 unspecified atom stereocenters. The zero-order valence-corrected chi connectivity index (χ0v) is 9.35. The van der Waals surface area contributed by atoms with Crippen LogP contribution in [0.4, 0.5) is 0 Å². The fourth-order valence-corrected chi connectivity index (χ4v) is 2.80. The van der Waals surface area contributed by atoms with Crippen LogP contribution >= 0.6 is 0 Å².